The first-order valence-corrected chi connectivity index (χ1v) is 9.15. The average molecular weight is 392 g/mol. The van der Waals surface area contributed by atoms with Crippen molar-refractivity contribution in [1.82, 2.24) is 4.90 Å². The Kier molecular flexibility index (Phi) is 8.88. The van der Waals surface area contributed by atoms with Crippen molar-refractivity contribution in [3.63, 3.8) is 0 Å². The quantitative estimate of drug-likeness (QED) is 0.651. The molecule has 2 aromatic carbocycles. The summed E-state index contributed by atoms with van der Waals surface area (Å²) in [6.45, 7) is 5.39. The maximum atomic E-state index is 10.2. The number of halogens is 1. The Hall–Kier alpha value is -1.79. The number of rotatable bonds is 8. The van der Waals surface area contributed by atoms with Gasteiger partial charge in [0.15, 0.2) is 0 Å². The summed E-state index contributed by atoms with van der Waals surface area (Å²) in [6.07, 6.45) is -0.453. The number of anilines is 1. The Balaban J connectivity index is 0.00000261. The van der Waals surface area contributed by atoms with Crippen LogP contribution in [0.15, 0.2) is 54.6 Å². The molecule has 5 nitrogen and oxygen atoms in total. The maximum Gasteiger partial charge on any atom is 0.119 e. The first-order valence-electron chi connectivity index (χ1n) is 9.15. The van der Waals surface area contributed by atoms with Gasteiger partial charge >= 0.3 is 0 Å². The Labute approximate surface area is 167 Å². The summed E-state index contributed by atoms with van der Waals surface area (Å²) in [7, 11) is 1.68. The number of ether oxygens (including phenoxy) is 2. The van der Waals surface area contributed by atoms with E-state index in [9.17, 15) is 5.11 Å². The smallest absolute Gasteiger partial charge is 0.119 e. The van der Waals surface area contributed by atoms with Gasteiger partial charge in [-0.15, -0.1) is 0 Å². The summed E-state index contributed by atoms with van der Waals surface area (Å²) < 4.78 is 10.8. The lowest BCUT2D eigenvalue weighted by Gasteiger charge is -2.36. The highest BCUT2D eigenvalue weighted by Crippen LogP contribution is 2.20. The van der Waals surface area contributed by atoms with Crippen molar-refractivity contribution in [2.75, 3.05) is 51.3 Å². The molecule has 148 valence electrons. The van der Waals surface area contributed by atoms with Crippen LogP contribution in [0, 0.1) is 0 Å². The molecule has 1 heterocycles. The molecule has 3 rings (SSSR count). The van der Waals surface area contributed by atoms with E-state index in [0.717, 1.165) is 37.5 Å². The minimum atomic E-state index is -0.453. The van der Waals surface area contributed by atoms with E-state index in [2.05, 4.69) is 21.9 Å². The summed E-state index contributed by atoms with van der Waals surface area (Å²) >= 11 is 0. The predicted octanol–water partition coefficient (Wildman–Crippen LogP) is -0.601. The highest BCUT2D eigenvalue weighted by atomic mass is 35.5. The topological polar surface area (TPSA) is 45.2 Å². The highest BCUT2D eigenvalue weighted by Gasteiger charge is 2.19. The number of aliphatic hydroxyl groups is 1. The number of benzene rings is 2. The molecule has 27 heavy (non-hydrogen) atoms. The third kappa shape index (κ3) is 6.70. The van der Waals surface area contributed by atoms with Crippen molar-refractivity contribution in [2.45, 2.75) is 12.7 Å². The molecule has 2 aromatic rings. The zero-order chi connectivity index (χ0) is 18.2. The van der Waals surface area contributed by atoms with Crippen LogP contribution in [-0.2, 0) is 11.3 Å². The van der Waals surface area contributed by atoms with E-state index in [1.807, 2.05) is 42.5 Å². The number of hydrogen-bond donors (Lipinski definition) is 1. The number of β-amino-alcohol motifs (C(OH)–C–C–N with tert-alkyl or cyclic N) is 1. The SMILES string of the molecule is COc1ccc(N2CCN(CC(O)COCc3ccccc3)CC2)cc1.[Cl-]. The number of piperazine rings is 1. The van der Waals surface area contributed by atoms with Crippen LogP contribution in [0.5, 0.6) is 5.75 Å². The minimum Gasteiger partial charge on any atom is -1.00 e. The zero-order valence-corrected chi connectivity index (χ0v) is 16.5. The van der Waals surface area contributed by atoms with Gasteiger partial charge in [0.25, 0.3) is 0 Å². The van der Waals surface area contributed by atoms with Gasteiger partial charge in [-0.1, -0.05) is 30.3 Å². The summed E-state index contributed by atoms with van der Waals surface area (Å²) in [5.41, 5.74) is 2.35. The Morgan fingerprint density at radius 3 is 2.26 bits per heavy atom. The summed E-state index contributed by atoms with van der Waals surface area (Å²) in [5.74, 6) is 0.881. The number of hydrogen-bond acceptors (Lipinski definition) is 5. The van der Waals surface area contributed by atoms with E-state index in [4.69, 9.17) is 9.47 Å². The Bertz CT molecular complexity index is 646. The molecular weight excluding hydrogens is 364 g/mol. The highest BCUT2D eigenvalue weighted by molar-refractivity contribution is 5.49. The van der Waals surface area contributed by atoms with Crippen molar-refractivity contribution in [3.05, 3.63) is 60.2 Å². The van der Waals surface area contributed by atoms with Gasteiger partial charge in [0, 0.05) is 38.4 Å². The minimum absolute atomic E-state index is 0. The second-order valence-corrected chi connectivity index (χ2v) is 6.64. The fraction of sp³-hybridized carbons (Fsp3) is 0.429. The van der Waals surface area contributed by atoms with Gasteiger partial charge in [-0.3, -0.25) is 4.90 Å². The van der Waals surface area contributed by atoms with Crippen LogP contribution in [0.3, 0.4) is 0 Å². The normalized spacial score (nSPS) is 15.9. The Morgan fingerprint density at radius 2 is 1.63 bits per heavy atom. The molecule has 1 aliphatic heterocycles. The maximum absolute atomic E-state index is 10.2. The van der Waals surface area contributed by atoms with Gasteiger partial charge in [-0.25, -0.2) is 0 Å². The molecule has 6 heteroatoms. The van der Waals surface area contributed by atoms with E-state index < -0.39 is 6.10 Å². The van der Waals surface area contributed by atoms with Gasteiger partial charge in [0.2, 0.25) is 0 Å². The van der Waals surface area contributed by atoms with Gasteiger partial charge in [0.1, 0.15) is 5.75 Å². The van der Waals surface area contributed by atoms with E-state index in [-0.39, 0.29) is 12.4 Å². The van der Waals surface area contributed by atoms with Crippen molar-refractivity contribution in [1.29, 1.82) is 0 Å². The largest absolute Gasteiger partial charge is 1.00 e. The van der Waals surface area contributed by atoms with E-state index in [1.54, 1.807) is 7.11 Å². The molecule has 1 fully saturated rings. The number of nitrogens with zero attached hydrogens (tertiary/aromatic N) is 2. The molecule has 0 aromatic heterocycles. The van der Waals surface area contributed by atoms with E-state index in [1.165, 1.54) is 5.69 Å². The van der Waals surface area contributed by atoms with Crippen LogP contribution in [-0.4, -0.2) is 62.6 Å². The second-order valence-electron chi connectivity index (χ2n) is 6.64. The summed E-state index contributed by atoms with van der Waals surface area (Å²) in [5, 5.41) is 10.2. The lowest BCUT2D eigenvalue weighted by Crippen LogP contribution is -3.00. The van der Waals surface area contributed by atoms with Crippen molar-refractivity contribution >= 4 is 5.69 Å². The van der Waals surface area contributed by atoms with Crippen molar-refractivity contribution in [3.8, 4) is 5.75 Å². The average Bonchev–Trinajstić information content (AvgIpc) is 2.69. The van der Waals surface area contributed by atoms with Crippen LogP contribution >= 0.6 is 0 Å². The van der Waals surface area contributed by atoms with Crippen molar-refractivity contribution < 1.29 is 27.0 Å². The monoisotopic (exact) mass is 391 g/mol. The lowest BCUT2D eigenvalue weighted by atomic mass is 10.2. The van der Waals surface area contributed by atoms with Crippen LogP contribution in [0.4, 0.5) is 5.69 Å². The van der Waals surface area contributed by atoms with Crippen LogP contribution < -0.4 is 22.0 Å². The molecule has 1 atom stereocenters. The molecule has 0 saturated carbocycles. The molecule has 0 aliphatic carbocycles. The number of aliphatic hydroxyl groups excluding tert-OH is 1. The summed E-state index contributed by atoms with van der Waals surface area (Å²) in [4.78, 5) is 4.67. The fourth-order valence-corrected chi connectivity index (χ4v) is 3.22. The second kappa shape index (κ2) is 11.1. The molecule has 0 radical (unpaired) electrons. The molecule has 0 spiro atoms. The lowest BCUT2D eigenvalue weighted by molar-refractivity contribution is -0.0000114. The van der Waals surface area contributed by atoms with Gasteiger partial charge in [0.05, 0.1) is 26.4 Å². The standard InChI is InChI=1S/C21H28N2O3.ClH/c1-25-21-9-7-19(8-10-21)23-13-11-22(12-14-23)15-20(24)17-26-16-18-5-3-2-4-6-18;/h2-10,20,24H,11-17H2,1H3;1H/p-1. The third-order valence-electron chi connectivity index (χ3n) is 4.70. The van der Waals surface area contributed by atoms with Crippen LogP contribution in [0.25, 0.3) is 0 Å². The van der Waals surface area contributed by atoms with Gasteiger partial charge < -0.3 is 31.9 Å². The molecule has 1 unspecified atom stereocenters. The molecule has 0 bridgehead atoms. The number of methoxy groups -OCH3 is 1. The first-order chi connectivity index (χ1) is 12.7. The third-order valence-corrected chi connectivity index (χ3v) is 4.70. The summed E-state index contributed by atoms with van der Waals surface area (Å²) in [6, 6.07) is 18.2. The van der Waals surface area contributed by atoms with Gasteiger partial charge in [-0.2, -0.15) is 0 Å². The first kappa shape index (κ1) is 21.5. The fourth-order valence-electron chi connectivity index (χ4n) is 3.22. The van der Waals surface area contributed by atoms with Crippen molar-refractivity contribution in [2.24, 2.45) is 0 Å². The zero-order valence-electron chi connectivity index (χ0n) is 15.8. The molecule has 1 saturated heterocycles. The molecule has 0 amide bonds. The molecule has 1 N–H and O–H groups in total. The Morgan fingerprint density at radius 1 is 0.963 bits per heavy atom. The van der Waals surface area contributed by atoms with Gasteiger partial charge in [-0.05, 0) is 29.8 Å². The molecular formula is C21H28ClN2O3-. The van der Waals surface area contributed by atoms with E-state index >= 15 is 0 Å². The van der Waals surface area contributed by atoms with E-state index in [0.29, 0.717) is 19.8 Å². The predicted molar refractivity (Wildman–Crippen MR) is 104 cm³/mol. The van der Waals surface area contributed by atoms with Crippen LogP contribution in [0.2, 0.25) is 0 Å². The van der Waals surface area contributed by atoms with Crippen LogP contribution in [0.1, 0.15) is 5.56 Å². The molecule has 1 aliphatic rings.